The highest BCUT2D eigenvalue weighted by molar-refractivity contribution is 5.90. The summed E-state index contributed by atoms with van der Waals surface area (Å²) in [5, 5.41) is 8.09. The first-order valence-electron chi connectivity index (χ1n) is 8.26. The minimum Gasteiger partial charge on any atom is -0.374 e. The fourth-order valence-corrected chi connectivity index (χ4v) is 3.59. The van der Waals surface area contributed by atoms with Crippen LogP contribution in [-0.2, 0) is 0 Å². The Bertz CT molecular complexity index is 1110. The van der Waals surface area contributed by atoms with Crippen molar-refractivity contribution in [3.63, 3.8) is 0 Å². The van der Waals surface area contributed by atoms with E-state index in [4.69, 9.17) is 0 Å². The number of fused-ring (bicyclic) bond motifs is 2. The first kappa shape index (κ1) is 14.0. The molecule has 4 nitrogen and oxygen atoms in total. The molecular weight excluding hydrogens is 308 g/mol. The summed E-state index contributed by atoms with van der Waals surface area (Å²) in [6.07, 6.45) is 5.48. The van der Waals surface area contributed by atoms with Crippen LogP contribution < -0.4 is 5.32 Å². The molecule has 1 aliphatic heterocycles. The van der Waals surface area contributed by atoms with Crippen LogP contribution in [0.1, 0.15) is 22.7 Å². The smallest absolute Gasteiger partial charge is 0.137 e. The molecule has 1 N–H and O–H groups in total. The molecule has 1 aliphatic rings. The predicted octanol–water partition coefficient (Wildman–Crippen LogP) is 4.55. The van der Waals surface area contributed by atoms with Crippen molar-refractivity contribution in [1.82, 2.24) is 14.6 Å². The van der Waals surface area contributed by atoms with Gasteiger partial charge in [-0.2, -0.15) is 5.10 Å². The van der Waals surface area contributed by atoms with Crippen LogP contribution in [-0.4, -0.2) is 14.6 Å². The molecule has 5 rings (SSSR count). The average molecular weight is 324 g/mol. The van der Waals surface area contributed by atoms with Gasteiger partial charge in [-0.25, -0.2) is 9.50 Å². The quantitative estimate of drug-likeness (QED) is 0.588. The molecule has 1 unspecified atom stereocenters. The van der Waals surface area contributed by atoms with Gasteiger partial charge in [-0.15, -0.1) is 0 Å². The molecule has 0 bridgehead atoms. The second-order valence-electron chi connectivity index (χ2n) is 6.17. The van der Waals surface area contributed by atoms with Gasteiger partial charge < -0.3 is 5.32 Å². The standard InChI is InChI=1S/C21H16N4/c1-2-14-6-5-7-15(12-14)19-17-10-11-25-21(17)20(22-13-23-25)16-8-3-4-9-18(16)24-19/h2-13,19,24H,1H2. The SMILES string of the molecule is C=Cc1cccc(C2Nc3ccccc3-c3ncnn4ccc2c34)c1. The van der Waals surface area contributed by atoms with E-state index in [-0.39, 0.29) is 6.04 Å². The summed E-state index contributed by atoms with van der Waals surface area (Å²) in [6.45, 7) is 3.89. The Labute approximate surface area is 145 Å². The number of anilines is 1. The lowest BCUT2D eigenvalue weighted by atomic mass is 9.98. The molecule has 3 heterocycles. The summed E-state index contributed by atoms with van der Waals surface area (Å²) in [5.74, 6) is 0. The van der Waals surface area contributed by atoms with Gasteiger partial charge in [-0.3, -0.25) is 0 Å². The molecule has 0 amide bonds. The summed E-state index contributed by atoms with van der Waals surface area (Å²) in [4.78, 5) is 4.58. The third kappa shape index (κ3) is 2.08. The Hall–Kier alpha value is -3.40. The topological polar surface area (TPSA) is 42.2 Å². The van der Waals surface area contributed by atoms with Gasteiger partial charge >= 0.3 is 0 Å². The van der Waals surface area contributed by atoms with Gasteiger partial charge in [0.1, 0.15) is 12.0 Å². The summed E-state index contributed by atoms with van der Waals surface area (Å²) in [7, 11) is 0. The van der Waals surface area contributed by atoms with Crippen molar-refractivity contribution < 1.29 is 0 Å². The Morgan fingerprint density at radius 1 is 1.08 bits per heavy atom. The van der Waals surface area contributed by atoms with E-state index in [0.29, 0.717) is 0 Å². The number of nitrogens with one attached hydrogen (secondary N) is 1. The molecule has 0 spiro atoms. The van der Waals surface area contributed by atoms with E-state index in [1.165, 1.54) is 11.1 Å². The van der Waals surface area contributed by atoms with Gasteiger partial charge in [0.2, 0.25) is 0 Å². The first-order chi connectivity index (χ1) is 12.3. The van der Waals surface area contributed by atoms with E-state index in [2.05, 4.69) is 64.4 Å². The van der Waals surface area contributed by atoms with Crippen LogP contribution in [0, 0.1) is 0 Å². The number of rotatable bonds is 2. The molecule has 1 atom stereocenters. The molecule has 25 heavy (non-hydrogen) atoms. The van der Waals surface area contributed by atoms with Gasteiger partial charge in [0.15, 0.2) is 0 Å². The highest BCUT2D eigenvalue weighted by Crippen LogP contribution is 2.41. The molecule has 120 valence electrons. The normalized spacial score (nSPS) is 15.3. The highest BCUT2D eigenvalue weighted by atomic mass is 15.2. The molecule has 0 aliphatic carbocycles. The van der Waals surface area contributed by atoms with Gasteiger partial charge in [-0.05, 0) is 29.3 Å². The maximum atomic E-state index is 4.58. The van der Waals surface area contributed by atoms with Gasteiger partial charge in [-0.1, -0.05) is 49.1 Å². The summed E-state index contributed by atoms with van der Waals surface area (Å²) in [5.41, 5.74) is 7.65. The Kier molecular flexibility index (Phi) is 2.97. The van der Waals surface area contributed by atoms with Crippen LogP contribution in [0.2, 0.25) is 0 Å². The molecule has 2 aromatic carbocycles. The molecule has 0 saturated heterocycles. The number of hydrogen-bond acceptors (Lipinski definition) is 3. The second kappa shape index (κ2) is 5.31. The molecule has 2 aromatic heterocycles. The van der Waals surface area contributed by atoms with Crippen molar-refractivity contribution in [2.75, 3.05) is 5.32 Å². The maximum Gasteiger partial charge on any atom is 0.137 e. The lowest BCUT2D eigenvalue weighted by molar-refractivity contribution is 0.899. The molecule has 4 heteroatoms. The van der Waals surface area contributed by atoms with Gasteiger partial charge in [0, 0.05) is 23.0 Å². The van der Waals surface area contributed by atoms with E-state index in [0.717, 1.165) is 28.0 Å². The third-order valence-corrected chi connectivity index (χ3v) is 4.76. The number of aromatic nitrogens is 3. The predicted molar refractivity (Wildman–Crippen MR) is 100 cm³/mol. The average Bonchev–Trinajstić information content (AvgIpc) is 3.04. The van der Waals surface area contributed by atoms with E-state index in [1.807, 2.05) is 28.9 Å². The zero-order valence-corrected chi connectivity index (χ0v) is 13.6. The summed E-state index contributed by atoms with van der Waals surface area (Å²) in [6, 6.07) is 18.9. The monoisotopic (exact) mass is 324 g/mol. The van der Waals surface area contributed by atoms with Crippen LogP contribution in [0.4, 0.5) is 5.69 Å². The highest BCUT2D eigenvalue weighted by Gasteiger charge is 2.26. The zero-order valence-electron chi connectivity index (χ0n) is 13.6. The van der Waals surface area contributed by atoms with E-state index >= 15 is 0 Å². The first-order valence-corrected chi connectivity index (χ1v) is 8.26. The van der Waals surface area contributed by atoms with Crippen LogP contribution in [0.15, 0.2) is 73.7 Å². The number of nitrogens with zero attached hydrogens (tertiary/aromatic N) is 3. The zero-order chi connectivity index (χ0) is 16.8. The minimum atomic E-state index is 0.0262. The number of para-hydroxylation sites is 1. The van der Waals surface area contributed by atoms with Crippen LogP contribution >= 0.6 is 0 Å². The van der Waals surface area contributed by atoms with Gasteiger partial charge in [0.05, 0.1) is 11.6 Å². The maximum absolute atomic E-state index is 4.58. The van der Waals surface area contributed by atoms with Crippen molar-refractivity contribution in [3.8, 4) is 11.3 Å². The van der Waals surface area contributed by atoms with Crippen molar-refractivity contribution >= 4 is 17.3 Å². The Morgan fingerprint density at radius 3 is 2.92 bits per heavy atom. The minimum absolute atomic E-state index is 0.0262. The molecule has 0 fully saturated rings. The molecular formula is C21H16N4. The second-order valence-corrected chi connectivity index (χ2v) is 6.17. The van der Waals surface area contributed by atoms with Crippen LogP contribution in [0.5, 0.6) is 0 Å². The Balaban J connectivity index is 1.83. The Morgan fingerprint density at radius 2 is 2.00 bits per heavy atom. The van der Waals surface area contributed by atoms with Gasteiger partial charge in [0.25, 0.3) is 0 Å². The molecule has 4 aromatic rings. The van der Waals surface area contributed by atoms with Crippen molar-refractivity contribution in [1.29, 1.82) is 0 Å². The lowest BCUT2D eigenvalue weighted by Crippen LogP contribution is -2.11. The van der Waals surface area contributed by atoms with Crippen LogP contribution in [0.25, 0.3) is 22.9 Å². The summed E-state index contributed by atoms with van der Waals surface area (Å²) < 4.78 is 1.91. The number of hydrogen-bond donors (Lipinski definition) is 1. The molecule has 0 radical (unpaired) electrons. The largest absolute Gasteiger partial charge is 0.374 e. The van der Waals surface area contributed by atoms with Crippen molar-refractivity contribution in [2.45, 2.75) is 6.04 Å². The summed E-state index contributed by atoms with van der Waals surface area (Å²) >= 11 is 0. The third-order valence-electron chi connectivity index (χ3n) is 4.76. The number of benzene rings is 2. The lowest BCUT2D eigenvalue weighted by Gasteiger charge is -2.19. The van der Waals surface area contributed by atoms with Crippen molar-refractivity contribution in [3.05, 3.63) is 90.4 Å². The fraction of sp³-hybridized carbons (Fsp3) is 0.0476. The fourth-order valence-electron chi connectivity index (χ4n) is 3.59. The van der Waals surface area contributed by atoms with Crippen molar-refractivity contribution in [2.24, 2.45) is 0 Å². The van der Waals surface area contributed by atoms with E-state index in [9.17, 15) is 0 Å². The van der Waals surface area contributed by atoms with Crippen LogP contribution in [0.3, 0.4) is 0 Å². The van der Waals surface area contributed by atoms with E-state index in [1.54, 1.807) is 6.33 Å². The molecule has 0 saturated carbocycles. The van der Waals surface area contributed by atoms with E-state index < -0.39 is 0 Å².